The predicted molar refractivity (Wildman–Crippen MR) is 67.6 cm³/mol. The van der Waals surface area contributed by atoms with Gasteiger partial charge in [-0.1, -0.05) is 6.92 Å². The quantitative estimate of drug-likeness (QED) is 0.784. The molecule has 0 spiro atoms. The van der Waals surface area contributed by atoms with Crippen LogP contribution in [0.2, 0.25) is 0 Å². The summed E-state index contributed by atoms with van der Waals surface area (Å²) in [6.45, 7) is 2.09. The zero-order chi connectivity index (χ0) is 12.0. The highest BCUT2D eigenvalue weighted by molar-refractivity contribution is 7.98. The summed E-state index contributed by atoms with van der Waals surface area (Å²) >= 11 is 3.27. The molecule has 4 nitrogen and oxygen atoms in total. The fraction of sp³-hybridized carbons (Fsp3) is 0.600. The van der Waals surface area contributed by atoms with Gasteiger partial charge < -0.3 is 10.5 Å². The van der Waals surface area contributed by atoms with Crippen molar-refractivity contribution in [2.45, 2.75) is 25.1 Å². The van der Waals surface area contributed by atoms with Crippen LogP contribution in [0.4, 0.5) is 0 Å². The number of thioether (sulfide) groups is 1. The summed E-state index contributed by atoms with van der Waals surface area (Å²) < 4.78 is 4.55. The summed E-state index contributed by atoms with van der Waals surface area (Å²) in [6, 6.07) is -0.542. The average Bonchev–Trinajstić information content (AvgIpc) is 2.75. The first kappa shape index (κ1) is 13.5. The number of ether oxygens (including phenoxy) is 1. The molecule has 1 rings (SSSR count). The minimum atomic E-state index is -0.542. The van der Waals surface area contributed by atoms with E-state index in [-0.39, 0.29) is 5.97 Å². The van der Waals surface area contributed by atoms with Crippen molar-refractivity contribution in [2.24, 2.45) is 5.73 Å². The molecule has 1 aromatic rings. The number of esters is 1. The number of nitrogens with zero attached hydrogens (tertiary/aromatic N) is 1. The molecule has 0 amide bonds. The molecule has 6 heteroatoms. The lowest BCUT2D eigenvalue weighted by molar-refractivity contribution is -0.141. The Morgan fingerprint density at radius 3 is 3.06 bits per heavy atom. The molecular weight excluding hydrogens is 244 g/mol. The van der Waals surface area contributed by atoms with Crippen molar-refractivity contribution < 1.29 is 9.53 Å². The fourth-order valence-electron chi connectivity index (χ4n) is 1.09. The summed E-state index contributed by atoms with van der Waals surface area (Å²) in [5.41, 5.74) is 6.67. The first-order chi connectivity index (χ1) is 7.67. The van der Waals surface area contributed by atoms with Crippen LogP contribution in [0.15, 0.2) is 5.38 Å². The van der Waals surface area contributed by atoms with Gasteiger partial charge in [0.1, 0.15) is 6.04 Å². The Balaban J connectivity index is 2.27. The van der Waals surface area contributed by atoms with Gasteiger partial charge >= 0.3 is 5.97 Å². The molecule has 90 valence electrons. The molecule has 0 saturated carbocycles. The maximum atomic E-state index is 11.0. The Hall–Kier alpha value is -0.590. The molecule has 0 fully saturated rings. The number of methoxy groups -OCH3 is 1. The van der Waals surface area contributed by atoms with Crippen LogP contribution >= 0.6 is 23.1 Å². The van der Waals surface area contributed by atoms with Gasteiger partial charge in [-0.15, -0.1) is 11.3 Å². The third-order valence-electron chi connectivity index (χ3n) is 1.95. The average molecular weight is 260 g/mol. The predicted octanol–water partition coefficient (Wildman–Crippen LogP) is 1.44. The van der Waals surface area contributed by atoms with Crippen LogP contribution < -0.4 is 5.73 Å². The zero-order valence-corrected chi connectivity index (χ0v) is 11.1. The highest BCUT2D eigenvalue weighted by Gasteiger charge is 2.13. The molecule has 0 saturated heterocycles. The molecule has 16 heavy (non-hydrogen) atoms. The fourth-order valence-corrected chi connectivity index (χ4v) is 2.80. The SMILES string of the molecule is CCc1nc(CSCC(N)C(=O)OC)cs1. The third kappa shape index (κ3) is 4.11. The van der Waals surface area contributed by atoms with Crippen LogP contribution in [0.1, 0.15) is 17.6 Å². The van der Waals surface area contributed by atoms with E-state index in [1.807, 2.05) is 0 Å². The number of aromatic nitrogens is 1. The van der Waals surface area contributed by atoms with Crippen molar-refractivity contribution in [1.82, 2.24) is 4.98 Å². The minimum absolute atomic E-state index is 0.361. The van der Waals surface area contributed by atoms with E-state index in [1.165, 1.54) is 7.11 Å². The van der Waals surface area contributed by atoms with Gasteiger partial charge in [0.2, 0.25) is 0 Å². The van der Waals surface area contributed by atoms with Gasteiger partial charge in [-0.3, -0.25) is 4.79 Å². The Bertz CT molecular complexity index is 341. The second-order valence-corrected chi connectivity index (χ2v) is 5.20. The van der Waals surface area contributed by atoms with Crippen LogP contribution in [-0.2, 0) is 21.7 Å². The first-order valence-corrected chi connectivity index (χ1v) is 7.05. The maximum Gasteiger partial charge on any atom is 0.323 e. The van der Waals surface area contributed by atoms with Gasteiger partial charge in [0.05, 0.1) is 17.8 Å². The molecule has 0 aromatic carbocycles. The molecule has 2 N–H and O–H groups in total. The topological polar surface area (TPSA) is 65.2 Å². The number of hydrogen-bond donors (Lipinski definition) is 1. The second-order valence-electron chi connectivity index (χ2n) is 3.23. The molecule has 1 aromatic heterocycles. The smallest absolute Gasteiger partial charge is 0.323 e. The van der Waals surface area contributed by atoms with E-state index in [1.54, 1.807) is 23.1 Å². The van der Waals surface area contributed by atoms with Crippen molar-refractivity contribution in [1.29, 1.82) is 0 Å². The lowest BCUT2D eigenvalue weighted by Gasteiger charge is -2.07. The standard InChI is InChI=1S/C10H16N2O2S2/c1-3-9-12-7(5-16-9)4-15-6-8(11)10(13)14-2/h5,8H,3-4,6,11H2,1-2H3. The van der Waals surface area contributed by atoms with E-state index in [4.69, 9.17) is 5.73 Å². The van der Waals surface area contributed by atoms with E-state index in [2.05, 4.69) is 22.0 Å². The number of carbonyl (C=O) groups is 1. The molecule has 0 aliphatic carbocycles. The largest absolute Gasteiger partial charge is 0.468 e. The van der Waals surface area contributed by atoms with Gasteiger partial charge in [-0.25, -0.2) is 4.98 Å². The summed E-state index contributed by atoms with van der Waals surface area (Å²) in [5, 5.41) is 3.20. The van der Waals surface area contributed by atoms with E-state index < -0.39 is 6.04 Å². The number of rotatable bonds is 6. The maximum absolute atomic E-state index is 11.0. The van der Waals surface area contributed by atoms with E-state index in [0.29, 0.717) is 5.75 Å². The van der Waals surface area contributed by atoms with E-state index >= 15 is 0 Å². The van der Waals surface area contributed by atoms with Gasteiger partial charge in [-0.2, -0.15) is 11.8 Å². The van der Waals surface area contributed by atoms with Gasteiger partial charge in [0, 0.05) is 16.9 Å². The van der Waals surface area contributed by atoms with Crippen LogP contribution in [0, 0.1) is 0 Å². The number of nitrogens with two attached hydrogens (primary N) is 1. The number of hydrogen-bond acceptors (Lipinski definition) is 6. The van der Waals surface area contributed by atoms with Crippen LogP contribution in [0.5, 0.6) is 0 Å². The zero-order valence-electron chi connectivity index (χ0n) is 9.43. The minimum Gasteiger partial charge on any atom is -0.468 e. The molecule has 0 aliphatic rings. The second kappa shape index (κ2) is 6.88. The van der Waals surface area contributed by atoms with Crippen molar-refractivity contribution in [3.05, 3.63) is 16.1 Å². The lowest BCUT2D eigenvalue weighted by Crippen LogP contribution is -2.33. The highest BCUT2D eigenvalue weighted by atomic mass is 32.2. The van der Waals surface area contributed by atoms with Crippen molar-refractivity contribution in [3.8, 4) is 0 Å². The van der Waals surface area contributed by atoms with Crippen LogP contribution in [0.25, 0.3) is 0 Å². The Morgan fingerprint density at radius 2 is 2.50 bits per heavy atom. The van der Waals surface area contributed by atoms with E-state index in [9.17, 15) is 4.79 Å². The molecule has 0 aliphatic heterocycles. The Morgan fingerprint density at radius 1 is 1.75 bits per heavy atom. The highest BCUT2D eigenvalue weighted by Crippen LogP contribution is 2.16. The summed E-state index contributed by atoms with van der Waals surface area (Å²) in [5.74, 6) is 0.993. The Labute approximate surface area is 104 Å². The number of aryl methyl sites for hydroxylation is 1. The summed E-state index contributed by atoms with van der Waals surface area (Å²) in [6.07, 6.45) is 0.969. The molecule has 0 bridgehead atoms. The van der Waals surface area contributed by atoms with Crippen molar-refractivity contribution in [3.63, 3.8) is 0 Å². The van der Waals surface area contributed by atoms with Crippen LogP contribution in [-0.4, -0.2) is 29.9 Å². The van der Waals surface area contributed by atoms with Crippen LogP contribution in [0.3, 0.4) is 0 Å². The van der Waals surface area contributed by atoms with Gasteiger partial charge in [0.25, 0.3) is 0 Å². The monoisotopic (exact) mass is 260 g/mol. The lowest BCUT2D eigenvalue weighted by atomic mass is 10.4. The number of carbonyl (C=O) groups excluding carboxylic acids is 1. The van der Waals surface area contributed by atoms with Gasteiger partial charge in [0.15, 0.2) is 0 Å². The first-order valence-electron chi connectivity index (χ1n) is 5.01. The Kier molecular flexibility index (Phi) is 5.79. The molecule has 0 radical (unpaired) electrons. The summed E-state index contributed by atoms with van der Waals surface area (Å²) in [4.78, 5) is 15.5. The summed E-state index contributed by atoms with van der Waals surface area (Å²) in [7, 11) is 1.35. The normalized spacial score (nSPS) is 12.4. The number of thiazole rings is 1. The van der Waals surface area contributed by atoms with E-state index in [0.717, 1.165) is 22.9 Å². The van der Waals surface area contributed by atoms with Gasteiger partial charge in [-0.05, 0) is 6.42 Å². The molecule has 1 heterocycles. The molecule has 1 atom stereocenters. The molecular formula is C10H16N2O2S2. The van der Waals surface area contributed by atoms with Crippen molar-refractivity contribution >= 4 is 29.1 Å². The third-order valence-corrected chi connectivity index (χ3v) is 4.09. The van der Waals surface area contributed by atoms with Crippen molar-refractivity contribution in [2.75, 3.05) is 12.9 Å². The molecule has 1 unspecified atom stereocenters.